The van der Waals surface area contributed by atoms with Crippen LogP contribution in [0.2, 0.25) is 0 Å². The van der Waals surface area contributed by atoms with E-state index >= 15 is 0 Å². The van der Waals surface area contributed by atoms with Gasteiger partial charge in [0.2, 0.25) is 0 Å². The van der Waals surface area contributed by atoms with Crippen molar-refractivity contribution in [1.82, 2.24) is 20.3 Å². The minimum atomic E-state index is -3.46. The van der Waals surface area contributed by atoms with E-state index in [0.29, 0.717) is 19.3 Å². The molecule has 0 bridgehead atoms. The van der Waals surface area contributed by atoms with Crippen LogP contribution in [0.25, 0.3) is 0 Å². The van der Waals surface area contributed by atoms with Gasteiger partial charge in [0.15, 0.2) is 5.66 Å². The topological polar surface area (TPSA) is 84.5 Å². The Hall–Kier alpha value is -2.37. The molecular formula is C13H16F2N6O. The molecule has 9 heteroatoms. The summed E-state index contributed by atoms with van der Waals surface area (Å²) < 4.78 is 28.6. The van der Waals surface area contributed by atoms with Crippen LogP contribution in [0.4, 0.5) is 8.78 Å². The SMILES string of the molecule is C#CCCC1(CCNC(=O)C(F)(F)CCn2ccnn2)N=N1. The number of carbonyl (C=O) groups excluding carboxylic acids is 1. The lowest BCUT2D eigenvalue weighted by molar-refractivity contribution is -0.146. The fourth-order valence-electron chi connectivity index (χ4n) is 1.89. The zero-order valence-electron chi connectivity index (χ0n) is 11.9. The van der Waals surface area contributed by atoms with E-state index in [1.807, 2.05) is 0 Å². The third kappa shape index (κ3) is 4.31. The molecule has 1 N–H and O–H groups in total. The molecule has 7 nitrogen and oxygen atoms in total. The Labute approximate surface area is 126 Å². The van der Waals surface area contributed by atoms with Crippen molar-refractivity contribution in [3.63, 3.8) is 0 Å². The maximum Gasteiger partial charge on any atom is 0.326 e. The van der Waals surface area contributed by atoms with Crippen LogP contribution in [0.3, 0.4) is 0 Å². The van der Waals surface area contributed by atoms with Crippen molar-refractivity contribution in [3.8, 4) is 12.3 Å². The number of aryl methyl sites for hydroxylation is 1. The average Bonchev–Trinajstić information content (AvgIpc) is 3.06. The number of nitrogens with one attached hydrogen (secondary N) is 1. The van der Waals surface area contributed by atoms with E-state index in [-0.39, 0.29) is 13.1 Å². The van der Waals surface area contributed by atoms with E-state index in [0.717, 1.165) is 0 Å². The Morgan fingerprint density at radius 2 is 2.18 bits per heavy atom. The van der Waals surface area contributed by atoms with Crippen molar-refractivity contribution in [3.05, 3.63) is 12.4 Å². The first-order chi connectivity index (χ1) is 10.5. The van der Waals surface area contributed by atoms with Gasteiger partial charge in [-0.05, 0) is 0 Å². The van der Waals surface area contributed by atoms with Gasteiger partial charge in [-0.15, -0.1) is 17.4 Å². The summed E-state index contributed by atoms with van der Waals surface area (Å²) in [5, 5.41) is 17.0. The molecule has 1 aromatic heterocycles. The first kappa shape index (κ1) is 16.0. The lowest BCUT2D eigenvalue weighted by Crippen LogP contribution is -2.42. The van der Waals surface area contributed by atoms with E-state index in [2.05, 4.69) is 31.8 Å². The van der Waals surface area contributed by atoms with Crippen molar-refractivity contribution in [1.29, 1.82) is 0 Å². The van der Waals surface area contributed by atoms with Crippen LogP contribution in [0.5, 0.6) is 0 Å². The van der Waals surface area contributed by atoms with Gasteiger partial charge in [-0.3, -0.25) is 9.48 Å². The summed E-state index contributed by atoms with van der Waals surface area (Å²) in [6, 6.07) is 0. The second-order valence-electron chi connectivity index (χ2n) is 5.01. The largest absolute Gasteiger partial charge is 0.351 e. The number of aromatic nitrogens is 3. The number of hydrogen-bond donors (Lipinski definition) is 1. The summed E-state index contributed by atoms with van der Waals surface area (Å²) >= 11 is 0. The van der Waals surface area contributed by atoms with Crippen molar-refractivity contribution in [2.75, 3.05) is 6.54 Å². The minimum absolute atomic E-state index is 0.0787. The Kier molecular flexibility index (Phi) is 4.80. The van der Waals surface area contributed by atoms with Gasteiger partial charge in [-0.1, -0.05) is 5.21 Å². The Morgan fingerprint density at radius 1 is 1.41 bits per heavy atom. The van der Waals surface area contributed by atoms with Crippen molar-refractivity contribution < 1.29 is 13.6 Å². The highest BCUT2D eigenvalue weighted by Crippen LogP contribution is 2.36. The Balaban J connectivity index is 1.70. The van der Waals surface area contributed by atoms with Gasteiger partial charge < -0.3 is 5.32 Å². The van der Waals surface area contributed by atoms with Crippen molar-refractivity contribution >= 4 is 5.91 Å². The number of carbonyl (C=O) groups is 1. The molecule has 2 heterocycles. The lowest BCUT2D eigenvalue weighted by atomic mass is 10.0. The Morgan fingerprint density at radius 3 is 2.77 bits per heavy atom. The maximum absolute atomic E-state index is 13.7. The molecule has 22 heavy (non-hydrogen) atoms. The minimum Gasteiger partial charge on any atom is -0.351 e. The summed E-state index contributed by atoms with van der Waals surface area (Å²) in [7, 11) is 0. The molecule has 0 atom stereocenters. The number of rotatable bonds is 9. The van der Waals surface area contributed by atoms with Gasteiger partial charge in [0.05, 0.1) is 6.20 Å². The van der Waals surface area contributed by atoms with Crippen LogP contribution >= 0.6 is 0 Å². The fourth-order valence-corrected chi connectivity index (χ4v) is 1.89. The van der Waals surface area contributed by atoms with Crippen molar-refractivity contribution in [2.24, 2.45) is 10.2 Å². The van der Waals surface area contributed by atoms with E-state index in [1.54, 1.807) is 0 Å². The molecule has 118 valence electrons. The summed E-state index contributed by atoms with van der Waals surface area (Å²) in [5.41, 5.74) is -0.588. The maximum atomic E-state index is 13.7. The molecule has 0 fully saturated rings. The Bertz CT molecular complexity index is 572. The monoisotopic (exact) mass is 310 g/mol. The second kappa shape index (κ2) is 6.60. The third-order valence-corrected chi connectivity index (χ3v) is 3.32. The molecule has 0 saturated carbocycles. The predicted octanol–water partition coefficient (Wildman–Crippen LogP) is 1.39. The highest BCUT2D eigenvalue weighted by Gasteiger charge is 2.41. The molecule has 0 unspecified atom stereocenters. The molecule has 2 rings (SSSR count). The van der Waals surface area contributed by atoms with Gasteiger partial charge in [0.1, 0.15) is 0 Å². The van der Waals surface area contributed by atoms with Gasteiger partial charge in [-0.25, -0.2) is 0 Å². The summed E-state index contributed by atoms with van der Waals surface area (Å²) in [6.07, 6.45) is 8.82. The van der Waals surface area contributed by atoms with Crippen molar-refractivity contribution in [2.45, 2.75) is 43.8 Å². The average molecular weight is 310 g/mol. The van der Waals surface area contributed by atoms with E-state index < -0.39 is 23.9 Å². The molecule has 0 aromatic carbocycles. The molecule has 0 saturated heterocycles. The second-order valence-corrected chi connectivity index (χ2v) is 5.01. The normalized spacial score (nSPS) is 15.3. The zero-order valence-corrected chi connectivity index (χ0v) is 11.9. The molecule has 1 aliphatic rings. The molecular weight excluding hydrogens is 294 g/mol. The van der Waals surface area contributed by atoms with E-state index in [1.165, 1.54) is 17.1 Å². The van der Waals surface area contributed by atoms with E-state index in [9.17, 15) is 13.6 Å². The fraction of sp³-hybridized carbons (Fsp3) is 0.615. The van der Waals surface area contributed by atoms with Crippen LogP contribution < -0.4 is 5.32 Å². The highest BCUT2D eigenvalue weighted by molar-refractivity contribution is 5.83. The lowest BCUT2D eigenvalue weighted by Gasteiger charge is -2.16. The summed E-state index contributed by atoms with van der Waals surface area (Å²) in [5.74, 6) is -2.29. The van der Waals surface area contributed by atoms with Crippen LogP contribution in [0, 0.1) is 12.3 Å². The number of hydrogen-bond acceptors (Lipinski definition) is 5. The van der Waals surface area contributed by atoms with Crippen LogP contribution in [0.15, 0.2) is 22.6 Å². The number of amides is 1. The number of terminal acetylenes is 1. The zero-order chi connectivity index (χ0) is 16.1. The first-order valence-corrected chi connectivity index (χ1v) is 6.85. The van der Waals surface area contributed by atoms with E-state index in [4.69, 9.17) is 6.42 Å². The highest BCUT2D eigenvalue weighted by atomic mass is 19.3. The van der Waals surface area contributed by atoms with Gasteiger partial charge in [0, 0.05) is 45.0 Å². The van der Waals surface area contributed by atoms with Crippen LogP contribution in [0.1, 0.15) is 25.7 Å². The molecule has 1 aromatic rings. The predicted molar refractivity (Wildman–Crippen MR) is 72.9 cm³/mol. The number of halogens is 2. The van der Waals surface area contributed by atoms with Gasteiger partial charge in [0.25, 0.3) is 5.91 Å². The first-order valence-electron chi connectivity index (χ1n) is 6.85. The molecule has 0 aliphatic carbocycles. The third-order valence-electron chi connectivity index (χ3n) is 3.32. The van der Waals surface area contributed by atoms with Crippen LogP contribution in [-0.2, 0) is 11.3 Å². The van der Waals surface area contributed by atoms with Gasteiger partial charge in [-0.2, -0.15) is 19.0 Å². The summed E-state index contributed by atoms with van der Waals surface area (Å²) in [6.45, 7) is -0.00743. The standard InChI is InChI=1S/C13H16F2N6O/c1-2-3-4-12(18-19-12)5-7-16-11(22)13(14,15)6-9-21-10-8-17-20-21/h1,8,10H,3-7,9H2,(H,16,22). The molecule has 1 amide bonds. The quantitative estimate of drug-likeness (QED) is 0.699. The summed E-state index contributed by atoms with van der Waals surface area (Å²) in [4.78, 5) is 11.5. The molecule has 1 aliphatic heterocycles. The van der Waals surface area contributed by atoms with Gasteiger partial charge >= 0.3 is 5.92 Å². The molecule has 0 spiro atoms. The number of nitrogens with zero attached hydrogens (tertiary/aromatic N) is 5. The van der Waals surface area contributed by atoms with Crippen LogP contribution in [-0.4, -0.2) is 39.0 Å². The molecule has 0 radical (unpaired) electrons. The smallest absolute Gasteiger partial charge is 0.326 e. The number of alkyl halides is 2.